The third-order valence-corrected chi connectivity index (χ3v) is 7.56. The predicted octanol–water partition coefficient (Wildman–Crippen LogP) is 0.657. The molecule has 1 N–H and O–H groups in total. The van der Waals surface area contributed by atoms with E-state index >= 15 is 0 Å². The molecule has 0 radical (unpaired) electrons. The van der Waals surface area contributed by atoms with Crippen LogP contribution < -0.4 is 5.32 Å². The molecule has 0 atom stereocenters. The van der Waals surface area contributed by atoms with Gasteiger partial charge >= 0.3 is 0 Å². The van der Waals surface area contributed by atoms with Crippen LogP contribution in [-0.2, 0) is 19.3 Å². The third-order valence-electron chi connectivity index (χ3n) is 5.03. The number of sulfone groups is 1. The summed E-state index contributed by atoms with van der Waals surface area (Å²) in [6.45, 7) is 9.18. The van der Waals surface area contributed by atoms with Crippen LogP contribution in [0, 0.1) is 0 Å². The number of hydrogen-bond donors (Lipinski definition) is 1. The molecule has 0 aliphatic carbocycles. The third kappa shape index (κ3) is 4.21. The molecule has 0 aromatic rings. The normalized spacial score (nSPS) is 26.2. The van der Waals surface area contributed by atoms with Gasteiger partial charge < -0.3 is 19.7 Å². The lowest BCUT2D eigenvalue weighted by Crippen LogP contribution is -2.57. The maximum Gasteiger partial charge on any atom is 0.194 e. The molecule has 0 amide bonds. The first kappa shape index (κ1) is 19.5. The van der Waals surface area contributed by atoms with Gasteiger partial charge in [-0.2, -0.15) is 0 Å². The van der Waals surface area contributed by atoms with Crippen molar-refractivity contribution >= 4 is 15.8 Å². The van der Waals surface area contributed by atoms with Crippen LogP contribution in [0.15, 0.2) is 4.99 Å². The van der Waals surface area contributed by atoms with Crippen molar-refractivity contribution in [3.05, 3.63) is 0 Å². The monoisotopic (exact) mass is 361 g/mol. The summed E-state index contributed by atoms with van der Waals surface area (Å²) in [6, 6.07) is 0. The number of ether oxygens (including phenoxy) is 2. The van der Waals surface area contributed by atoms with Crippen LogP contribution >= 0.6 is 0 Å². The van der Waals surface area contributed by atoms with E-state index in [2.05, 4.69) is 5.32 Å². The Balaban J connectivity index is 2.14. The van der Waals surface area contributed by atoms with Crippen molar-refractivity contribution in [3.63, 3.8) is 0 Å². The average molecular weight is 362 g/mol. The molecule has 0 bridgehead atoms. The summed E-state index contributed by atoms with van der Waals surface area (Å²) in [5.74, 6) is 0.927. The summed E-state index contributed by atoms with van der Waals surface area (Å²) >= 11 is 0. The SMILES string of the molecule is CCNC(=NCC1(OC)CCOCC1)N1CCS(=O)(=O)C(C)(C)C1. The Kier molecular flexibility index (Phi) is 6.14. The van der Waals surface area contributed by atoms with Gasteiger partial charge in [-0.05, 0) is 20.8 Å². The molecule has 2 aliphatic rings. The Morgan fingerprint density at radius 1 is 1.33 bits per heavy atom. The fourth-order valence-electron chi connectivity index (χ4n) is 3.14. The fraction of sp³-hybridized carbons (Fsp3) is 0.938. The van der Waals surface area contributed by atoms with Gasteiger partial charge in [-0.25, -0.2) is 8.42 Å². The number of nitrogens with zero attached hydrogens (tertiary/aromatic N) is 2. The van der Waals surface area contributed by atoms with Crippen LogP contribution in [-0.4, -0.2) is 81.9 Å². The van der Waals surface area contributed by atoms with E-state index in [1.165, 1.54) is 0 Å². The summed E-state index contributed by atoms with van der Waals surface area (Å²) in [7, 11) is -1.33. The molecule has 0 spiro atoms. The number of nitrogens with one attached hydrogen (secondary N) is 1. The Morgan fingerprint density at radius 3 is 2.54 bits per heavy atom. The van der Waals surface area contributed by atoms with Gasteiger partial charge in [-0.15, -0.1) is 0 Å². The first-order valence-electron chi connectivity index (χ1n) is 8.64. The first-order chi connectivity index (χ1) is 11.3. The van der Waals surface area contributed by atoms with E-state index in [4.69, 9.17) is 14.5 Å². The highest BCUT2D eigenvalue weighted by atomic mass is 32.2. The summed E-state index contributed by atoms with van der Waals surface area (Å²) in [6.07, 6.45) is 1.65. The van der Waals surface area contributed by atoms with E-state index in [1.54, 1.807) is 21.0 Å². The number of hydrogen-bond acceptors (Lipinski definition) is 5. The Labute approximate surface area is 145 Å². The average Bonchev–Trinajstić information content (AvgIpc) is 2.55. The lowest BCUT2D eigenvalue weighted by atomic mass is 9.94. The van der Waals surface area contributed by atoms with Crippen molar-refractivity contribution in [1.29, 1.82) is 0 Å². The molecule has 7 nitrogen and oxygen atoms in total. The van der Waals surface area contributed by atoms with Gasteiger partial charge in [0, 0.05) is 52.8 Å². The number of guanidine groups is 1. The minimum absolute atomic E-state index is 0.160. The summed E-state index contributed by atoms with van der Waals surface area (Å²) in [5, 5.41) is 3.29. The number of methoxy groups -OCH3 is 1. The second-order valence-corrected chi connectivity index (χ2v) is 9.91. The largest absolute Gasteiger partial charge is 0.381 e. The molecule has 0 aromatic heterocycles. The molecular weight excluding hydrogens is 330 g/mol. The molecule has 24 heavy (non-hydrogen) atoms. The lowest BCUT2D eigenvalue weighted by Gasteiger charge is -2.40. The molecule has 2 fully saturated rings. The predicted molar refractivity (Wildman–Crippen MR) is 95.2 cm³/mol. The highest BCUT2D eigenvalue weighted by Gasteiger charge is 2.41. The molecule has 8 heteroatoms. The van der Waals surface area contributed by atoms with Crippen LogP contribution in [0.3, 0.4) is 0 Å². The summed E-state index contributed by atoms with van der Waals surface area (Å²) in [4.78, 5) is 6.82. The maximum atomic E-state index is 12.2. The molecule has 140 valence electrons. The van der Waals surface area contributed by atoms with Crippen LogP contribution in [0.1, 0.15) is 33.6 Å². The maximum absolute atomic E-state index is 12.2. The zero-order valence-corrected chi connectivity index (χ0v) is 16.1. The van der Waals surface area contributed by atoms with E-state index in [9.17, 15) is 8.42 Å². The van der Waals surface area contributed by atoms with Crippen LogP contribution in [0.25, 0.3) is 0 Å². The van der Waals surface area contributed by atoms with E-state index in [0.717, 1.165) is 25.3 Å². The van der Waals surface area contributed by atoms with E-state index in [-0.39, 0.29) is 11.4 Å². The fourth-order valence-corrected chi connectivity index (χ4v) is 4.51. The molecular formula is C16H31N3O4S. The minimum atomic E-state index is -3.06. The highest BCUT2D eigenvalue weighted by molar-refractivity contribution is 7.92. The second-order valence-electron chi connectivity index (χ2n) is 7.17. The number of aliphatic imine (C=N–C) groups is 1. The Morgan fingerprint density at radius 2 is 2.00 bits per heavy atom. The topological polar surface area (TPSA) is 80.2 Å². The van der Waals surface area contributed by atoms with Crippen molar-refractivity contribution in [2.75, 3.05) is 52.3 Å². The lowest BCUT2D eigenvalue weighted by molar-refractivity contribution is -0.0829. The van der Waals surface area contributed by atoms with Crippen molar-refractivity contribution < 1.29 is 17.9 Å². The van der Waals surface area contributed by atoms with Crippen LogP contribution in [0.2, 0.25) is 0 Å². The van der Waals surface area contributed by atoms with Crippen LogP contribution in [0.4, 0.5) is 0 Å². The van der Waals surface area contributed by atoms with E-state index in [1.807, 2.05) is 11.8 Å². The molecule has 2 rings (SSSR count). The molecule has 2 aliphatic heterocycles. The molecule has 2 heterocycles. The second kappa shape index (κ2) is 7.58. The molecule has 0 aromatic carbocycles. The van der Waals surface area contributed by atoms with Gasteiger partial charge in [0.1, 0.15) is 0 Å². The van der Waals surface area contributed by atoms with Gasteiger partial charge in [0.05, 0.1) is 22.6 Å². The van der Waals surface area contributed by atoms with Gasteiger partial charge in [0.2, 0.25) is 0 Å². The van der Waals surface area contributed by atoms with Crippen LogP contribution in [0.5, 0.6) is 0 Å². The minimum Gasteiger partial charge on any atom is -0.381 e. The summed E-state index contributed by atoms with van der Waals surface area (Å²) in [5.41, 5.74) is -0.281. The molecule has 0 saturated carbocycles. The van der Waals surface area contributed by atoms with Crippen molar-refractivity contribution in [2.24, 2.45) is 4.99 Å². The van der Waals surface area contributed by atoms with Crippen molar-refractivity contribution in [3.8, 4) is 0 Å². The zero-order valence-electron chi connectivity index (χ0n) is 15.3. The highest BCUT2D eigenvalue weighted by Crippen LogP contribution is 2.26. The zero-order chi connectivity index (χ0) is 17.8. The number of rotatable bonds is 4. The van der Waals surface area contributed by atoms with Crippen molar-refractivity contribution in [2.45, 2.75) is 44.0 Å². The summed E-state index contributed by atoms with van der Waals surface area (Å²) < 4.78 is 34.8. The standard InChI is InChI=1S/C16H31N3O4S/c1-5-17-14(18-12-16(22-4)6-9-23-10-7-16)19-8-11-24(20,21)15(2,3)13-19/h5-13H2,1-4H3,(H,17,18). The van der Waals surface area contributed by atoms with E-state index in [0.29, 0.717) is 32.8 Å². The Hall–Kier alpha value is -0.860. The van der Waals surface area contributed by atoms with Crippen molar-refractivity contribution in [1.82, 2.24) is 10.2 Å². The van der Waals surface area contributed by atoms with Gasteiger partial charge in [0.25, 0.3) is 0 Å². The van der Waals surface area contributed by atoms with Gasteiger partial charge in [-0.3, -0.25) is 4.99 Å². The van der Waals surface area contributed by atoms with Gasteiger partial charge in [-0.1, -0.05) is 0 Å². The van der Waals surface area contributed by atoms with Gasteiger partial charge in [0.15, 0.2) is 15.8 Å². The smallest absolute Gasteiger partial charge is 0.194 e. The Bertz CT molecular complexity index is 554. The molecule has 2 saturated heterocycles. The first-order valence-corrected chi connectivity index (χ1v) is 10.3. The van der Waals surface area contributed by atoms with E-state index < -0.39 is 14.6 Å². The quantitative estimate of drug-likeness (QED) is 0.585. The molecule has 0 unspecified atom stereocenters.